The molecule has 8 heteroatoms. The van der Waals surface area contributed by atoms with E-state index in [4.69, 9.17) is 4.74 Å². The molecular formula is C21H26N2O5S. The Labute approximate surface area is 171 Å². The largest absolute Gasteiger partial charge is 0.462 e. The van der Waals surface area contributed by atoms with Crippen LogP contribution in [0.3, 0.4) is 0 Å². The molecule has 2 aromatic rings. The van der Waals surface area contributed by atoms with E-state index in [2.05, 4.69) is 5.32 Å². The third kappa shape index (κ3) is 6.05. The van der Waals surface area contributed by atoms with Crippen molar-refractivity contribution in [2.75, 3.05) is 29.0 Å². The van der Waals surface area contributed by atoms with E-state index in [0.717, 1.165) is 16.1 Å². The molecule has 0 unspecified atom stereocenters. The van der Waals surface area contributed by atoms with E-state index < -0.39 is 21.9 Å². The van der Waals surface area contributed by atoms with E-state index in [1.165, 1.54) is 6.07 Å². The molecule has 0 fully saturated rings. The quantitative estimate of drug-likeness (QED) is 0.664. The normalized spacial score (nSPS) is 11.2. The highest BCUT2D eigenvalue weighted by Crippen LogP contribution is 2.29. The molecule has 2 aromatic carbocycles. The van der Waals surface area contributed by atoms with Crippen molar-refractivity contribution in [1.29, 1.82) is 0 Å². The number of ether oxygens (including phenoxy) is 1. The monoisotopic (exact) mass is 418 g/mol. The van der Waals surface area contributed by atoms with Gasteiger partial charge in [-0.05, 0) is 42.7 Å². The van der Waals surface area contributed by atoms with E-state index >= 15 is 0 Å². The zero-order valence-electron chi connectivity index (χ0n) is 17.0. The molecule has 156 valence electrons. The predicted octanol–water partition coefficient (Wildman–Crippen LogP) is 3.39. The van der Waals surface area contributed by atoms with Crippen molar-refractivity contribution >= 4 is 33.3 Å². The molecule has 29 heavy (non-hydrogen) atoms. The number of carbonyl (C=O) groups excluding carboxylic acids is 2. The van der Waals surface area contributed by atoms with Crippen LogP contribution in [0.2, 0.25) is 0 Å². The van der Waals surface area contributed by atoms with Crippen LogP contribution in [0.1, 0.15) is 42.6 Å². The van der Waals surface area contributed by atoms with Crippen molar-refractivity contribution in [1.82, 2.24) is 0 Å². The Kier molecular flexibility index (Phi) is 7.39. The summed E-state index contributed by atoms with van der Waals surface area (Å²) in [6.45, 7) is 5.49. The van der Waals surface area contributed by atoms with E-state index in [9.17, 15) is 18.0 Å². The van der Waals surface area contributed by atoms with Gasteiger partial charge in [0.1, 0.15) is 6.54 Å². The molecule has 0 saturated carbocycles. The van der Waals surface area contributed by atoms with Crippen molar-refractivity contribution in [2.24, 2.45) is 0 Å². The maximum absolute atomic E-state index is 12.6. The van der Waals surface area contributed by atoms with Gasteiger partial charge in [-0.1, -0.05) is 38.1 Å². The second kappa shape index (κ2) is 9.56. The number of nitrogens with one attached hydrogen (secondary N) is 1. The minimum absolute atomic E-state index is 0.0831. The minimum Gasteiger partial charge on any atom is -0.462 e. The maximum atomic E-state index is 12.6. The van der Waals surface area contributed by atoms with Gasteiger partial charge in [-0.3, -0.25) is 9.10 Å². The maximum Gasteiger partial charge on any atom is 0.338 e. The standard InChI is InChI=1S/C21H26N2O5S/c1-5-28-21(25)16-9-8-10-17(13-16)22-20(24)14-23(29(4,26)27)19-12-7-6-11-18(19)15(2)3/h6-13,15H,5,14H2,1-4H3,(H,22,24). The number of carbonyl (C=O) groups is 2. The van der Waals surface area contributed by atoms with Gasteiger partial charge in [0, 0.05) is 5.69 Å². The molecule has 0 aliphatic rings. The van der Waals surface area contributed by atoms with Gasteiger partial charge in [0.15, 0.2) is 0 Å². The molecule has 0 aliphatic heterocycles. The number of rotatable bonds is 8. The Bertz CT molecular complexity index is 986. The van der Waals surface area contributed by atoms with E-state index in [0.29, 0.717) is 16.9 Å². The molecule has 0 saturated heterocycles. The lowest BCUT2D eigenvalue weighted by Gasteiger charge is -2.25. The summed E-state index contributed by atoms with van der Waals surface area (Å²) in [6.07, 6.45) is 1.07. The fraction of sp³-hybridized carbons (Fsp3) is 0.333. The number of benzene rings is 2. The molecule has 0 bridgehead atoms. The second-order valence-electron chi connectivity index (χ2n) is 6.83. The topological polar surface area (TPSA) is 92.8 Å². The Morgan fingerprint density at radius 3 is 2.41 bits per heavy atom. The number of hydrogen-bond donors (Lipinski definition) is 1. The van der Waals surface area contributed by atoms with Crippen LogP contribution in [-0.4, -0.2) is 39.7 Å². The molecule has 0 spiro atoms. The summed E-state index contributed by atoms with van der Waals surface area (Å²) in [6, 6.07) is 13.4. The zero-order chi connectivity index (χ0) is 21.6. The van der Waals surface area contributed by atoms with Crippen LogP contribution < -0.4 is 9.62 Å². The highest BCUT2D eigenvalue weighted by atomic mass is 32.2. The van der Waals surface area contributed by atoms with Crippen LogP contribution in [0.15, 0.2) is 48.5 Å². The molecule has 7 nitrogen and oxygen atoms in total. The smallest absolute Gasteiger partial charge is 0.338 e. The average molecular weight is 419 g/mol. The Balaban J connectivity index is 2.25. The first-order valence-corrected chi connectivity index (χ1v) is 11.1. The summed E-state index contributed by atoms with van der Waals surface area (Å²) >= 11 is 0. The van der Waals surface area contributed by atoms with Gasteiger partial charge < -0.3 is 10.1 Å². The molecule has 0 aromatic heterocycles. The fourth-order valence-electron chi connectivity index (χ4n) is 2.85. The lowest BCUT2D eigenvalue weighted by Crippen LogP contribution is -2.38. The van der Waals surface area contributed by atoms with Gasteiger partial charge in [0.2, 0.25) is 15.9 Å². The van der Waals surface area contributed by atoms with Crippen molar-refractivity contribution in [3.05, 3.63) is 59.7 Å². The van der Waals surface area contributed by atoms with E-state index in [1.54, 1.807) is 37.3 Å². The number of nitrogens with zero attached hydrogens (tertiary/aromatic N) is 1. The average Bonchev–Trinajstić information content (AvgIpc) is 2.65. The van der Waals surface area contributed by atoms with Gasteiger partial charge in [-0.2, -0.15) is 0 Å². The summed E-state index contributed by atoms with van der Waals surface area (Å²) in [4.78, 5) is 24.5. The number of sulfonamides is 1. The van der Waals surface area contributed by atoms with Crippen LogP contribution in [0.4, 0.5) is 11.4 Å². The number of amides is 1. The minimum atomic E-state index is -3.69. The second-order valence-corrected chi connectivity index (χ2v) is 8.74. The number of anilines is 2. The highest BCUT2D eigenvalue weighted by Gasteiger charge is 2.24. The summed E-state index contributed by atoms with van der Waals surface area (Å²) in [7, 11) is -3.69. The molecule has 0 aliphatic carbocycles. The van der Waals surface area contributed by atoms with Gasteiger partial charge in [0.25, 0.3) is 0 Å². The molecular weight excluding hydrogens is 392 g/mol. The van der Waals surface area contributed by atoms with Crippen molar-refractivity contribution < 1.29 is 22.7 Å². The third-order valence-corrected chi connectivity index (χ3v) is 5.30. The molecule has 1 N–H and O–H groups in total. The Hall–Kier alpha value is -2.87. The van der Waals surface area contributed by atoms with Crippen LogP contribution in [-0.2, 0) is 19.6 Å². The van der Waals surface area contributed by atoms with Crippen molar-refractivity contribution in [3.8, 4) is 0 Å². The van der Waals surface area contributed by atoms with Gasteiger partial charge in [-0.25, -0.2) is 13.2 Å². The van der Waals surface area contributed by atoms with Crippen LogP contribution in [0.25, 0.3) is 0 Å². The number of esters is 1. The SMILES string of the molecule is CCOC(=O)c1cccc(NC(=O)CN(c2ccccc2C(C)C)S(C)(=O)=O)c1. The van der Waals surface area contributed by atoms with Gasteiger partial charge >= 0.3 is 5.97 Å². The first-order chi connectivity index (χ1) is 13.6. The summed E-state index contributed by atoms with van der Waals surface area (Å²) < 4.78 is 30.8. The van der Waals surface area contributed by atoms with Gasteiger partial charge in [0.05, 0.1) is 24.1 Å². The van der Waals surface area contributed by atoms with Gasteiger partial charge in [-0.15, -0.1) is 0 Å². The zero-order valence-corrected chi connectivity index (χ0v) is 17.8. The first-order valence-electron chi connectivity index (χ1n) is 9.27. The summed E-state index contributed by atoms with van der Waals surface area (Å²) in [5, 5.41) is 2.65. The van der Waals surface area contributed by atoms with Crippen molar-refractivity contribution in [3.63, 3.8) is 0 Å². The molecule has 2 rings (SSSR count). The lowest BCUT2D eigenvalue weighted by atomic mass is 10.0. The molecule has 1 amide bonds. The lowest BCUT2D eigenvalue weighted by molar-refractivity contribution is -0.114. The van der Waals surface area contributed by atoms with Crippen LogP contribution in [0, 0.1) is 0 Å². The van der Waals surface area contributed by atoms with E-state index in [-0.39, 0.29) is 19.1 Å². The fourth-order valence-corrected chi connectivity index (χ4v) is 3.73. The van der Waals surface area contributed by atoms with E-state index in [1.807, 2.05) is 26.0 Å². The molecule has 0 atom stereocenters. The number of hydrogen-bond acceptors (Lipinski definition) is 5. The third-order valence-electron chi connectivity index (χ3n) is 4.17. The van der Waals surface area contributed by atoms with Crippen molar-refractivity contribution in [2.45, 2.75) is 26.7 Å². The summed E-state index contributed by atoms with van der Waals surface area (Å²) in [5.74, 6) is -0.929. The molecule has 0 heterocycles. The summed E-state index contributed by atoms with van der Waals surface area (Å²) in [5.41, 5.74) is 1.98. The number of para-hydroxylation sites is 1. The highest BCUT2D eigenvalue weighted by molar-refractivity contribution is 7.92. The molecule has 0 radical (unpaired) electrons. The first kappa shape index (κ1) is 22.4. The van der Waals surface area contributed by atoms with Crippen LogP contribution in [0.5, 0.6) is 0 Å². The predicted molar refractivity (Wildman–Crippen MR) is 114 cm³/mol. The van der Waals surface area contributed by atoms with Crippen LogP contribution >= 0.6 is 0 Å². The Morgan fingerprint density at radius 2 is 1.79 bits per heavy atom. The Morgan fingerprint density at radius 1 is 1.10 bits per heavy atom.